The van der Waals surface area contributed by atoms with E-state index in [1.165, 1.54) is 27.5 Å². The van der Waals surface area contributed by atoms with Crippen molar-refractivity contribution in [3.63, 3.8) is 0 Å². The molecule has 48 heavy (non-hydrogen) atoms. The zero-order chi connectivity index (χ0) is 34.5. The number of rotatable bonds is 3. The van der Waals surface area contributed by atoms with Crippen LogP contribution in [0.15, 0.2) is 72.8 Å². The normalized spacial score (nSPS) is 13.0. The summed E-state index contributed by atoms with van der Waals surface area (Å²) in [5, 5.41) is 5.81. The predicted octanol–water partition coefficient (Wildman–Crippen LogP) is 13.5. The minimum absolute atomic E-state index is 0.0148. The van der Waals surface area contributed by atoms with Crippen molar-refractivity contribution < 1.29 is 4.74 Å². The molecule has 7 rings (SSSR count). The van der Waals surface area contributed by atoms with Crippen LogP contribution in [-0.2, 0) is 16.2 Å². The second kappa shape index (κ2) is 11.1. The van der Waals surface area contributed by atoms with Crippen LogP contribution in [0.25, 0.3) is 65.9 Å². The molecule has 0 aliphatic carbocycles. The lowest BCUT2D eigenvalue weighted by Crippen LogP contribution is -2.11. The summed E-state index contributed by atoms with van der Waals surface area (Å²) in [7, 11) is 1.73. The number of aromatic amines is 2. The van der Waals surface area contributed by atoms with Crippen molar-refractivity contribution in [3.8, 4) is 28.0 Å². The Morgan fingerprint density at radius 3 is 1.58 bits per heavy atom. The van der Waals surface area contributed by atoms with E-state index < -0.39 is 0 Å². The molecule has 2 N–H and O–H groups in total. The molecule has 0 spiro atoms. The van der Waals surface area contributed by atoms with Crippen molar-refractivity contribution in [1.29, 1.82) is 0 Å². The van der Waals surface area contributed by atoms with E-state index in [1.54, 1.807) is 7.11 Å². The van der Waals surface area contributed by atoms with Crippen molar-refractivity contribution in [2.45, 2.75) is 78.6 Å². The van der Waals surface area contributed by atoms with E-state index in [9.17, 15) is 0 Å². The fourth-order valence-electron chi connectivity index (χ4n) is 6.91. The van der Waals surface area contributed by atoms with Gasteiger partial charge in [-0.2, -0.15) is 0 Å². The molecule has 0 aliphatic heterocycles. The van der Waals surface area contributed by atoms with Gasteiger partial charge in [0.05, 0.1) is 18.1 Å². The first kappa shape index (κ1) is 32.6. The van der Waals surface area contributed by atoms with Crippen LogP contribution in [0.3, 0.4) is 0 Å². The molecule has 0 saturated heterocycles. The monoisotopic (exact) mass is 674 g/mol. The van der Waals surface area contributed by atoms with Crippen LogP contribution in [0.1, 0.15) is 79.0 Å². The maximum atomic E-state index is 7.14. The molecule has 7 aromatic rings. The number of aromatic nitrogens is 2. The molecule has 0 saturated carbocycles. The molecule has 0 fully saturated rings. The Kier molecular flexibility index (Phi) is 7.51. The Labute approximate surface area is 293 Å². The van der Waals surface area contributed by atoms with Crippen molar-refractivity contribution >= 4 is 66.8 Å². The largest absolute Gasteiger partial charge is 0.496 e. The van der Waals surface area contributed by atoms with Gasteiger partial charge in [-0.15, -0.1) is 0 Å². The third-order valence-electron chi connectivity index (χ3n) is 9.88. The van der Waals surface area contributed by atoms with Crippen LogP contribution in [0.5, 0.6) is 5.75 Å². The van der Waals surface area contributed by atoms with E-state index in [0.717, 1.165) is 60.8 Å². The highest BCUT2D eigenvalue weighted by atomic mass is 35.5. The molecule has 3 nitrogen and oxygen atoms in total. The summed E-state index contributed by atoms with van der Waals surface area (Å²) in [5.74, 6) is 0.823. The summed E-state index contributed by atoms with van der Waals surface area (Å²) >= 11 is 14.2. The molecule has 0 amide bonds. The summed E-state index contributed by atoms with van der Waals surface area (Å²) in [6.07, 6.45) is 0. The first-order valence-electron chi connectivity index (χ1n) is 16.7. The highest BCUT2D eigenvalue weighted by molar-refractivity contribution is 6.39. The second-order valence-corrected chi connectivity index (χ2v) is 17.2. The molecule has 2 heterocycles. The van der Waals surface area contributed by atoms with Gasteiger partial charge in [0.25, 0.3) is 0 Å². The number of nitrogens with one attached hydrogen (secondary N) is 2. The van der Waals surface area contributed by atoms with Crippen molar-refractivity contribution in [2.75, 3.05) is 7.11 Å². The molecule has 2 aromatic heterocycles. The lowest BCUT2D eigenvalue weighted by Gasteiger charge is -2.22. The van der Waals surface area contributed by atoms with Crippen LogP contribution in [0, 0.1) is 0 Å². The first-order valence-corrected chi connectivity index (χ1v) is 17.4. The smallest absolute Gasteiger partial charge is 0.128 e. The van der Waals surface area contributed by atoms with Crippen molar-refractivity contribution in [3.05, 3.63) is 99.5 Å². The lowest BCUT2D eigenvalue weighted by atomic mass is 9.83. The molecule has 5 aromatic carbocycles. The summed E-state index contributed by atoms with van der Waals surface area (Å²) < 4.78 is 5.93. The molecule has 0 unspecified atom stereocenters. The summed E-state index contributed by atoms with van der Waals surface area (Å²) in [4.78, 5) is 7.48. The van der Waals surface area contributed by atoms with E-state index in [2.05, 4.69) is 133 Å². The topological polar surface area (TPSA) is 40.8 Å². The van der Waals surface area contributed by atoms with E-state index in [1.807, 2.05) is 12.1 Å². The zero-order valence-corrected chi connectivity index (χ0v) is 31.1. The van der Waals surface area contributed by atoms with E-state index in [-0.39, 0.29) is 16.2 Å². The molecular weight excluding hydrogens is 631 g/mol. The van der Waals surface area contributed by atoms with E-state index >= 15 is 0 Å². The Morgan fingerprint density at radius 2 is 1.00 bits per heavy atom. The Morgan fingerprint density at radius 1 is 0.479 bits per heavy atom. The van der Waals surface area contributed by atoms with Crippen LogP contribution >= 0.6 is 23.2 Å². The number of benzene rings is 5. The molecule has 0 radical (unpaired) electrons. The van der Waals surface area contributed by atoms with Crippen molar-refractivity contribution in [2.24, 2.45) is 0 Å². The van der Waals surface area contributed by atoms with Gasteiger partial charge >= 0.3 is 0 Å². The third-order valence-corrected chi connectivity index (χ3v) is 10.5. The second-order valence-electron chi connectivity index (χ2n) is 16.3. The SMILES string of the molecule is COc1ccc(-c2cc(-c3cc(C(C)(C)C)cc4c3[nH]c3ccc(C(C)(C)C)cc34)c(Cl)cc2Cl)c2[nH]c3ccc(C(C)(C)C)cc3c12. The highest BCUT2D eigenvalue weighted by Crippen LogP contribution is 2.47. The number of H-pyrrole nitrogens is 2. The van der Waals surface area contributed by atoms with Gasteiger partial charge in [0.1, 0.15) is 5.75 Å². The first-order chi connectivity index (χ1) is 22.5. The standard InChI is InChI=1S/C43H44Cl2N2O/c1-41(2,3)23-11-14-35-29(17-23)31-20-25(43(7,8)9)19-30(39(31)46-35)28-21-27(33(44)22-34(28)45)26-13-16-37(48-10)38-32-18-24(42(4,5)6)12-15-36(32)47-40(26)38/h11-22,46-47H,1-10H3. The van der Waals surface area contributed by atoms with Gasteiger partial charge in [-0.25, -0.2) is 0 Å². The van der Waals surface area contributed by atoms with Crippen LogP contribution in [-0.4, -0.2) is 17.1 Å². The van der Waals surface area contributed by atoms with Gasteiger partial charge in [-0.1, -0.05) is 97.6 Å². The average Bonchev–Trinajstić information content (AvgIpc) is 3.57. The minimum Gasteiger partial charge on any atom is -0.496 e. The number of hydrogen-bond donors (Lipinski definition) is 2. The number of hydrogen-bond acceptors (Lipinski definition) is 1. The van der Waals surface area contributed by atoms with Crippen LogP contribution in [0.2, 0.25) is 10.0 Å². The summed E-state index contributed by atoms with van der Waals surface area (Å²) in [6, 6.07) is 26.3. The molecule has 0 aliphatic rings. The maximum Gasteiger partial charge on any atom is 0.128 e. The number of methoxy groups -OCH3 is 1. The Bertz CT molecular complexity index is 2410. The van der Waals surface area contributed by atoms with Crippen LogP contribution < -0.4 is 4.74 Å². The van der Waals surface area contributed by atoms with Gasteiger partial charge in [0.2, 0.25) is 0 Å². The number of fused-ring (bicyclic) bond motifs is 6. The molecule has 0 bridgehead atoms. The van der Waals surface area contributed by atoms with Crippen LogP contribution in [0.4, 0.5) is 0 Å². The van der Waals surface area contributed by atoms with Gasteiger partial charge in [0, 0.05) is 64.9 Å². The quantitative estimate of drug-likeness (QED) is 0.192. The molecule has 0 atom stereocenters. The fourth-order valence-corrected chi connectivity index (χ4v) is 7.50. The number of halogens is 2. The third kappa shape index (κ3) is 5.36. The summed E-state index contributed by atoms with van der Waals surface area (Å²) in [5.41, 5.74) is 11.9. The lowest BCUT2D eigenvalue weighted by molar-refractivity contribution is 0.420. The molecule has 246 valence electrons. The summed E-state index contributed by atoms with van der Waals surface area (Å²) in [6.45, 7) is 20.3. The molecular formula is C43H44Cl2N2O. The Hall–Kier alpha value is -3.92. The maximum absolute atomic E-state index is 7.14. The van der Waals surface area contributed by atoms with Gasteiger partial charge in [0.15, 0.2) is 0 Å². The fraction of sp³-hybridized carbons (Fsp3) is 0.302. The Balaban J connectivity index is 1.52. The van der Waals surface area contributed by atoms with Gasteiger partial charge in [-0.05, 0) is 93.6 Å². The van der Waals surface area contributed by atoms with Gasteiger partial charge < -0.3 is 14.7 Å². The predicted molar refractivity (Wildman–Crippen MR) is 209 cm³/mol. The van der Waals surface area contributed by atoms with E-state index in [0.29, 0.717) is 10.0 Å². The zero-order valence-electron chi connectivity index (χ0n) is 29.6. The van der Waals surface area contributed by atoms with Gasteiger partial charge in [-0.3, -0.25) is 0 Å². The average molecular weight is 676 g/mol. The van der Waals surface area contributed by atoms with E-state index in [4.69, 9.17) is 27.9 Å². The number of ether oxygens (including phenoxy) is 1. The highest BCUT2D eigenvalue weighted by Gasteiger charge is 2.24. The van der Waals surface area contributed by atoms with Crippen molar-refractivity contribution in [1.82, 2.24) is 9.97 Å². The minimum atomic E-state index is -0.0751. The molecule has 5 heteroatoms.